The van der Waals surface area contributed by atoms with Gasteiger partial charge in [0.05, 0.1) is 23.2 Å². The van der Waals surface area contributed by atoms with Crippen molar-refractivity contribution in [1.82, 2.24) is 4.90 Å². The highest BCUT2D eigenvalue weighted by atomic mass is 35.5. The molecule has 0 spiro atoms. The molecule has 28 heavy (non-hydrogen) atoms. The number of anilines is 1. The van der Waals surface area contributed by atoms with Crippen LogP contribution in [0.1, 0.15) is 36.8 Å². The highest BCUT2D eigenvalue weighted by Gasteiger charge is 2.53. The molecule has 1 saturated carbocycles. The fraction of sp³-hybridized carbons (Fsp3) is 0.435. The van der Waals surface area contributed by atoms with E-state index < -0.39 is 0 Å². The highest BCUT2D eigenvalue weighted by molar-refractivity contribution is 6.33. The lowest BCUT2D eigenvalue weighted by Crippen LogP contribution is -2.46. The van der Waals surface area contributed by atoms with Gasteiger partial charge in [-0.15, -0.1) is 0 Å². The first kappa shape index (κ1) is 19.1. The van der Waals surface area contributed by atoms with E-state index in [9.17, 15) is 4.79 Å². The van der Waals surface area contributed by atoms with Crippen LogP contribution in [0.2, 0.25) is 5.02 Å². The Labute approximate surface area is 171 Å². The smallest absolute Gasteiger partial charge is 0.233 e. The average molecular weight is 399 g/mol. The van der Waals surface area contributed by atoms with Gasteiger partial charge in [0, 0.05) is 19.1 Å². The van der Waals surface area contributed by atoms with Crippen LogP contribution in [0.4, 0.5) is 5.69 Å². The minimum atomic E-state index is -0.343. The van der Waals surface area contributed by atoms with Crippen LogP contribution in [-0.4, -0.2) is 37.0 Å². The van der Waals surface area contributed by atoms with Gasteiger partial charge in [0.25, 0.3) is 0 Å². The number of amides is 1. The molecule has 0 bridgehead atoms. The summed E-state index contributed by atoms with van der Waals surface area (Å²) in [7, 11) is 1.68. The van der Waals surface area contributed by atoms with Crippen LogP contribution < -0.4 is 10.1 Å². The minimum absolute atomic E-state index is 0.273. The average Bonchev–Trinajstić information content (AvgIpc) is 3.52. The summed E-state index contributed by atoms with van der Waals surface area (Å²) >= 11 is 6.26. The maximum absolute atomic E-state index is 13.3. The standard InChI is InChI=1S/C23H27ClN2O2/c1-16-7-8-17(15-21(16)28-2)23(11-12-23)22(27)26-13-9-18(10-14-26)25-20-6-4-3-5-19(20)24/h3-8,15,18,25H,9-14H2,1-2H3. The van der Waals surface area contributed by atoms with E-state index in [-0.39, 0.29) is 11.3 Å². The number of methoxy groups -OCH3 is 1. The van der Waals surface area contributed by atoms with Gasteiger partial charge in [-0.25, -0.2) is 0 Å². The molecule has 1 aliphatic heterocycles. The molecule has 1 aliphatic carbocycles. The van der Waals surface area contributed by atoms with Crippen LogP contribution >= 0.6 is 11.6 Å². The van der Waals surface area contributed by atoms with Crippen molar-refractivity contribution in [3.05, 3.63) is 58.6 Å². The Morgan fingerprint density at radius 3 is 2.54 bits per heavy atom. The summed E-state index contributed by atoms with van der Waals surface area (Å²) in [5, 5.41) is 4.27. The SMILES string of the molecule is COc1cc(C2(C(=O)N3CCC(Nc4ccccc4Cl)CC3)CC2)ccc1C. The number of hydrogen-bond acceptors (Lipinski definition) is 3. The van der Waals surface area contributed by atoms with Crippen LogP contribution in [0.3, 0.4) is 0 Å². The third-order valence-corrected chi connectivity index (χ3v) is 6.47. The van der Waals surface area contributed by atoms with Gasteiger partial charge in [-0.3, -0.25) is 4.79 Å². The zero-order valence-corrected chi connectivity index (χ0v) is 17.3. The molecule has 0 unspecified atom stereocenters. The summed E-state index contributed by atoms with van der Waals surface area (Å²) in [4.78, 5) is 15.4. The molecule has 5 heteroatoms. The van der Waals surface area contributed by atoms with Crippen LogP contribution in [0, 0.1) is 6.92 Å². The molecule has 2 aliphatic rings. The predicted octanol–water partition coefficient (Wildman–Crippen LogP) is 4.79. The zero-order valence-electron chi connectivity index (χ0n) is 16.5. The number of likely N-dealkylation sites (tertiary alicyclic amines) is 1. The molecule has 148 valence electrons. The zero-order chi connectivity index (χ0) is 19.7. The summed E-state index contributed by atoms with van der Waals surface area (Å²) in [6.45, 7) is 3.60. The van der Waals surface area contributed by atoms with Crippen molar-refractivity contribution in [1.29, 1.82) is 0 Å². The number of halogens is 1. The summed E-state index contributed by atoms with van der Waals surface area (Å²) < 4.78 is 5.47. The second-order valence-corrected chi connectivity index (χ2v) is 8.36. The second kappa shape index (κ2) is 7.67. The molecule has 2 aromatic carbocycles. The normalized spacial score (nSPS) is 18.6. The number of piperidine rings is 1. The molecule has 1 amide bonds. The Morgan fingerprint density at radius 2 is 1.89 bits per heavy atom. The van der Waals surface area contributed by atoms with Crippen LogP contribution in [0.25, 0.3) is 0 Å². The number of aryl methyl sites for hydroxylation is 1. The molecule has 2 fully saturated rings. The Bertz CT molecular complexity index is 871. The van der Waals surface area contributed by atoms with Crippen LogP contribution in [0.15, 0.2) is 42.5 Å². The largest absolute Gasteiger partial charge is 0.496 e. The first-order valence-electron chi connectivity index (χ1n) is 9.99. The van der Waals surface area contributed by atoms with E-state index in [0.717, 1.165) is 66.4 Å². The lowest BCUT2D eigenvalue weighted by atomic mass is 9.91. The molecular formula is C23H27ClN2O2. The van der Waals surface area contributed by atoms with Gasteiger partial charge in [0.2, 0.25) is 5.91 Å². The Balaban J connectivity index is 1.41. The van der Waals surface area contributed by atoms with Crippen molar-refractivity contribution in [2.24, 2.45) is 0 Å². The maximum atomic E-state index is 13.3. The predicted molar refractivity (Wildman–Crippen MR) is 113 cm³/mol. The van der Waals surface area contributed by atoms with Crippen LogP contribution in [0.5, 0.6) is 5.75 Å². The van der Waals surface area contributed by atoms with Gasteiger partial charge in [-0.1, -0.05) is 35.9 Å². The maximum Gasteiger partial charge on any atom is 0.233 e. The number of benzene rings is 2. The topological polar surface area (TPSA) is 41.6 Å². The molecule has 0 radical (unpaired) electrons. The van der Waals surface area contributed by atoms with Crippen LogP contribution in [-0.2, 0) is 10.2 Å². The highest BCUT2D eigenvalue weighted by Crippen LogP contribution is 2.50. The molecule has 2 aromatic rings. The first-order chi connectivity index (χ1) is 13.5. The number of rotatable bonds is 5. The molecule has 1 N–H and O–H groups in total. The van der Waals surface area contributed by atoms with Crippen molar-refractivity contribution in [2.45, 2.75) is 44.1 Å². The first-order valence-corrected chi connectivity index (χ1v) is 10.4. The molecule has 1 saturated heterocycles. The summed E-state index contributed by atoms with van der Waals surface area (Å²) in [5.74, 6) is 1.13. The molecule has 1 heterocycles. The number of nitrogens with one attached hydrogen (secondary N) is 1. The van der Waals surface area contributed by atoms with E-state index in [1.54, 1.807) is 7.11 Å². The number of hydrogen-bond donors (Lipinski definition) is 1. The quantitative estimate of drug-likeness (QED) is 0.787. The lowest BCUT2D eigenvalue weighted by molar-refractivity contribution is -0.134. The van der Waals surface area contributed by atoms with Crippen molar-refractivity contribution in [3.63, 3.8) is 0 Å². The summed E-state index contributed by atoms with van der Waals surface area (Å²) in [6.07, 6.45) is 3.72. The Morgan fingerprint density at radius 1 is 1.18 bits per heavy atom. The van der Waals surface area contributed by atoms with E-state index in [0.29, 0.717) is 6.04 Å². The van der Waals surface area contributed by atoms with E-state index in [2.05, 4.69) is 17.4 Å². The van der Waals surface area contributed by atoms with Gasteiger partial charge in [0.15, 0.2) is 0 Å². The van der Waals surface area contributed by atoms with Crippen molar-refractivity contribution in [3.8, 4) is 5.75 Å². The number of para-hydroxylation sites is 1. The van der Waals surface area contributed by atoms with Gasteiger partial charge >= 0.3 is 0 Å². The molecular weight excluding hydrogens is 372 g/mol. The second-order valence-electron chi connectivity index (χ2n) is 7.96. The number of nitrogens with zero attached hydrogens (tertiary/aromatic N) is 1. The van der Waals surface area contributed by atoms with E-state index in [1.807, 2.05) is 42.2 Å². The third-order valence-electron chi connectivity index (χ3n) is 6.14. The van der Waals surface area contributed by atoms with Crippen molar-refractivity contribution in [2.75, 3.05) is 25.5 Å². The number of carbonyl (C=O) groups is 1. The monoisotopic (exact) mass is 398 g/mol. The summed E-state index contributed by atoms with van der Waals surface area (Å²) in [6, 6.07) is 14.4. The fourth-order valence-corrected chi connectivity index (χ4v) is 4.39. The van der Waals surface area contributed by atoms with E-state index in [4.69, 9.17) is 16.3 Å². The molecule has 4 rings (SSSR count). The fourth-order valence-electron chi connectivity index (χ4n) is 4.20. The summed E-state index contributed by atoms with van der Waals surface area (Å²) in [5.41, 5.74) is 2.82. The van der Waals surface area contributed by atoms with E-state index >= 15 is 0 Å². The Hall–Kier alpha value is -2.20. The van der Waals surface area contributed by atoms with Gasteiger partial charge in [0.1, 0.15) is 5.75 Å². The number of ether oxygens (including phenoxy) is 1. The molecule has 4 nitrogen and oxygen atoms in total. The van der Waals surface area contributed by atoms with Crippen molar-refractivity contribution >= 4 is 23.2 Å². The lowest BCUT2D eigenvalue weighted by Gasteiger charge is -2.35. The number of carbonyl (C=O) groups excluding carboxylic acids is 1. The minimum Gasteiger partial charge on any atom is -0.496 e. The molecule has 0 aromatic heterocycles. The van der Waals surface area contributed by atoms with E-state index in [1.165, 1.54) is 0 Å². The molecule has 0 atom stereocenters. The van der Waals surface area contributed by atoms with Gasteiger partial charge in [-0.2, -0.15) is 0 Å². The Kier molecular flexibility index (Phi) is 5.24. The van der Waals surface area contributed by atoms with Gasteiger partial charge in [-0.05, 0) is 61.9 Å². The van der Waals surface area contributed by atoms with Crippen molar-refractivity contribution < 1.29 is 9.53 Å². The van der Waals surface area contributed by atoms with Gasteiger partial charge < -0.3 is 15.0 Å². The third kappa shape index (κ3) is 3.58.